The maximum Gasteiger partial charge on any atom is 0.237 e. The van der Waals surface area contributed by atoms with E-state index in [4.69, 9.17) is 5.73 Å². The molecule has 2 rings (SSSR count). The molecule has 1 atom stereocenters. The van der Waals surface area contributed by atoms with Crippen LogP contribution in [0.15, 0.2) is 17.7 Å². The molecule has 2 aromatic heterocycles. The molecule has 108 valence electrons. The Bertz CT molecular complexity index is 600. The third-order valence-corrected chi connectivity index (χ3v) is 4.13. The summed E-state index contributed by atoms with van der Waals surface area (Å²) in [5, 5.41) is 3.97. The highest BCUT2D eigenvalue weighted by Crippen LogP contribution is 2.24. The molecule has 0 aliphatic rings. The predicted octanol–water partition coefficient (Wildman–Crippen LogP) is 0.689. The van der Waals surface area contributed by atoms with Crippen molar-refractivity contribution in [2.24, 2.45) is 5.73 Å². The van der Waals surface area contributed by atoms with Crippen LogP contribution in [0.4, 0.5) is 0 Å². The Labute approximate surface area is 121 Å². The Morgan fingerprint density at radius 2 is 2.30 bits per heavy atom. The van der Waals surface area contributed by atoms with Crippen LogP contribution in [0.3, 0.4) is 0 Å². The van der Waals surface area contributed by atoms with E-state index < -0.39 is 5.54 Å². The summed E-state index contributed by atoms with van der Waals surface area (Å²) in [6.07, 6.45) is 3.71. The monoisotopic (exact) mass is 294 g/mol. The summed E-state index contributed by atoms with van der Waals surface area (Å²) >= 11 is 1.55. The zero-order chi connectivity index (χ0) is 14.6. The number of nitrogens with one attached hydrogen (secondary N) is 2. The topological polar surface area (TPSA) is 110 Å². The first-order valence-electron chi connectivity index (χ1n) is 6.38. The van der Waals surface area contributed by atoms with Gasteiger partial charge >= 0.3 is 0 Å². The number of aromatic nitrogens is 4. The summed E-state index contributed by atoms with van der Waals surface area (Å²) in [7, 11) is 0. The number of carbonyl (C=O) groups is 1. The molecule has 2 aromatic rings. The molecule has 0 saturated carbocycles. The van der Waals surface area contributed by atoms with E-state index in [2.05, 4.69) is 25.3 Å². The van der Waals surface area contributed by atoms with Gasteiger partial charge in [0.2, 0.25) is 5.91 Å². The smallest absolute Gasteiger partial charge is 0.237 e. The number of amides is 1. The first-order chi connectivity index (χ1) is 9.57. The average Bonchev–Trinajstić information content (AvgIpc) is 2.88. The van der Waals surface area contributed by atoms with Crippen LogP contribution in [0.5, 0.6) is 0 Å². The van der Waals surface area contributed by atoms with Crippen LogP contribution >= 0.6 is 11.8 Å². The molecule has 0 radical (unpaired) electrons. The molecule has 0 aliphatic carbocycles. The Morgan fingerprint density at radius 1 is 1.50 bits per heavy atom. The van der Waals surface area contributed by atoms with Crippen molar-refractivity contribution in [2.45, 2.75) is 30.8 Å². The molecule has 7 nitrogen and oxygen atoms in total. The fourth-order valence-corrected chi connectivity index (χ4v) is 3.01. The molecule has 1 unspecified atom stereocenters. The zero-order valence-electron chi connectivity index (χ0n) is 11.5. The Morgan fingerprint density at radius 3 is 3.00 bits per heavy atom. The predicted molar refractivity (Wildman–Crippen MR) is 78.3 cm³/mol. The summed E-state index contributed by atoms with van der Waals surface area (Å²) < 4.78 is 0. The molecular weight excluding hydrogens is 276 g/mol. The number of thioether (sulfide) groups is 1. The first-order valence-corrected chi connectivity index (χ1v) is 7.37. The number of rotatable bonds is 7. The minimum atomic E-state index is -0.693. The largest absolute Gasteiger partial charge is 0.368 e. The number of fused-ring (bicyclic) bond motifs is 1. The molecule has 4 N–H and O–H groups in total. The number of hydrogen-bond donors (Lipinski definition) is 3. The van der Waals surface area contributed by atoms with Crippen molar-refractivity contribution < 1.29 is 4.79 Å². The summed E-state index contributed by atoms with van der Waals surface area (Å²) in [6, 6.07) is 0. The summed E-state index contributed by atoms with van der Waals surface area (Å²) in [4.78, 5) is 26.9. The van der Waals surface area contributed by atoms with Gasteiger partial charge in [0.15, 0.2) is 5.65 Å². The van der Waals surface area contributed by atoms with E-state index in [-0.39, 0.29) is 5.91 Å². The van der Waals surface area contributed by atoms with Crippen LogP contribution in [-0.2, 0) is 4.79 Å². The quantitative estimate of drug-likeness (QED) is 0.512. The number of aromatic amines is 1. The molecule has 0 aliphatic heterocycles. The van der Waals surface area contributed by atoms with E-state index >= 15 is 0 Å². The van der Waals surface area contributed by atoms with Crippen LogP contribution in [0, 0.1) is 0 Å². The molecule has 8 heteroatoms. The van der Waals surface area contributed by atoms with Crippen molar-refractivity contribution in [3.05, 3.63) is 12.7 Å². The highest BCUT2D eigenvalue weighted by molar-refractivity contribution is 7.99. The van der Waals surface area contributed by atoms with Crippen molar-refractivity contribution in [3.63, 3.8) is 0 Å². The lowest BCUT2D eigenvalue weighted by atomic mass is 9.98. The van der Waals surface area contributed by atoms with Crippen LogP contribution in [0.2, 0.25) is 0 Å². The van der Waals surface area contributed by atoms with Gasteiger partial charge in [-0.25, -0.2) is 15.0 Å². The van der Waals surface area contributed by atoms with Gasteiger partial charge in [-0.3, -0.25) is 4.79 Å². The molecule has 0 spiro atoms. The van der Waals surface area contributed by atoms with Gasteiger partial charge in [-0.1, -0.05) is 6.92 Å². The van der Waals surface area contributed by atoms with E-state index in [1.54, 1.807) is 18.1 Å². The minimum Gasteiger partial charge on any atom is -0.368 e. The van der Waals surface area contributed by atoms with Crippen molar-refractivity contribution in [1.29, 1.82) is 0 Å². The third-order valence-electron chi connectivity index (χ3n) is 3.14. The number of imidazole rings is 1. The maximum atomic E-state index is 11.5. The second-order valence-electron chi connectivity index (χ2n) is 4.61. The van der Waals surface area contributed by atoms with E-state index in [0.717, 1.165) is 16.3 Å². The number of likely N-dealkylation sites (N-methyl/N-ethyl adjacent to an activating group) is 1. The zero-order valence-corrected chi connectivity index (χ0v) is 12.3. The van der Waals surface area contributed by atoms with Gasteiger partial charge in [-0.15, -0.1) is 11.8 Å². The van der Waals surface area contributed by atoms with Gasteiger partial charge in [0.05, 0.1) is 11.9 Å². The van der Waals surface area contributed by atoms with Crippen molar-refractivity contribution in [3.8, 4) is 0 Å². The molecule has 0 bridgehead atoms. The number of nitrogens with zero attached hydrogens (tertiary/aromatic N) is 3. The number of carbonyl (C=O) groups excluding carboxylic acids is 1. The van der Waals surface area contributed by atoms with Crippen LogP contribution in [0.25, 0.3) is 11.2 Å². The van der Waals surface area contributed by atoms with E-state index in [0.29, 0.717) is 18.6 Å². The molecular formula is C12H18N6OS. The Kier molecular flexibility index (Phi) is 4.56. The Balaban J connectivity index is 2.02. The molecule has 20 heavy (non-hydrogen) atoms. The minimum absolute atomic E-state index is 0.339. The molecule has 0 aromatic carbocycles. The fraction of sp³-hybridized carbons (Fsp3) is 0.500. The SMILES string of the molecule is CCNC(C)(CCSc1ncnc2nc[nH]c12)C(N)=O. The normalized spacial score (nSPS) is 14.3. The second kappa shape index (κ2) is 6.19. The number of hydrogen-bond acceptors (Lipinski definition) is 6. The summed E-state index contributed by atoms with van der Waals surface area (Å²) in [5.74, 6) is 0.381. The van der Waals surface area contributed by atoms with Crippen LogP contribution in [0.1, 0.15) is 20.3 Å². The number of H-pyrrole nitrogens is 1. The molecule has 0 saturated heterocycles. The second-order valence-corrected chi connectivity index (χ2v) is 5.69. The highest BCUT2D eigenvalue weighted by atomic mass is 32.2. The van der Waals surface area contributed by atoms with E-state index in [9.17, 15) is 4.79 Å². The van der Waals surface area contributed by atoms with E-state index in [1.807, 2.05) is 13.8 Å². The highest BCUT2D eigenvalue weighted by Gasteiger charge is 2.29. The van der Waals surface area contributed by atoms with Crippen LogP contribution < -0.4 is 11.1 Å². The van der Waals surface area contributed by atoms with Crippen molar-refractivity contribution in [1.82, 2.24) is 25.3 Å². The van der Waals surface area contributed by atoms with Gasteiger partial charge in [-0.2, -0.15) is 0 Å². The van der Waals surface area contributed by atoms with Gasteiger partial charge < -0.3 is 16.0 Å². The standard InChI is InChI=1S/C12H18N6OS/c1-3-18-12(2,11(13)19)4-5-20-10-8-9(15-6-14-8)16-7-17-10/h6-7,18H,3-5H2,1-2H3,(H2,13,19)(H,14,15,16,17). The fourth-order valence-electron chi connectivity index (χ4n) is 1.89. The average molecular weight is 294 g/mol. The summed E-state index contributed by atoms with van der Waals surface area (Å²) in [5.41, 5.74) is 6.23. The third kappa shape index (κ3) is 3.07. The van der Waals surface area contributed by atoms with Crippen LogP contribution in [-0.4, -0.2) is 43.7 Å². The molecule has 0 fully saturated rings. The van der Waals surface area contributed by atoms with Crippen molar-refractivity contribution >= 4 is 28.8 Å². The number of nitrogens with two attached hydrogens (primary N) is 1. The van der Waals surface area contributed by atoms with Gasteiger partial charge in [0, 0.05) is 5.75 Å². The van der Waals surface area contributed by atoms with Gasteiger partial charge in [-0.05, 0) is 19.9 Å². The van der Waals surface area contributed by atoms with Crippen molar-refractivity contribution in [2.75, 3.05) is 12.3 Å². The lowest BCUT2D eigenvalue weighted by Gasteiger charge is -2.26. The Hall–Kier alpha value is -1.67. The summed E-state index contributed by atoms with van der Waals surface area (Å²) in [6.45, 7) is 4.47. The lowest BCUT2D eigenvalue weighted by molar-refractivity contribution is -0.123. The van der Waals surface area contributed by atoms with Gasteiger partial charge in [0.1, 0.15) is 16.9 Å². The maximum absolute atomic E-state index is 11.5. The molecule has 2 heterocycles. The van der Waals surface area contributed by atoms with Gasteiger partial charge in [0.25, 0.3) is 0 Å². The van der Waals surface area contributed by atoms with E-state index in [1.165, 1.54) is 6.33 Å². The lowest BCUT2D eigenvalue weighted by Crippen LogP contribution is -2.53. The number of primary amides is 1. The molecule has 1 amide bonds. The first kappa shape index (κ1) is 14.7.